The molecule has 0 unspecified atom stereocenters. The second-order valence-corrected chi connectivity index (χ2v) is 2.16. The van der Waals surface area contributed by atoms with E-state index in [1.807, 2.05) is 24.3 Å². The summed E-state index contributed by atoms with van der Waals surface area (Å²) < 4.78 is 0. The lowest BCUT2D eigenvalue weighted by Crippen LogP contribution is -2.19. The molecule has 2 N–H and O–H groups in total. The zero-order chi connectivity index (χ0) is 6.97. The van der Waals surface area contributed by atoms with E-state index in [-0.39, 0.29) is 6.29 Å². The lowest BCUT2D eigenvalue weighted by Gasteiger charge is -1.86. The molecule has 0 spiro atoms. The van der Waals surface area contributed by atoms with Crippen molar-refractivity contribution in [2.45, 2.75) is 6.29 Å². The smallest absolute Gasteiger partial charge is 0.192 e. The molecule has 1 aromatic carbocycles. The minimum Gasteiger partial charge on any atom is -0.291 e. The first kappa shape index (κ1) is 5.56. The van der Waals surface area contributed by atoms with E-state index in [1.54, 1.807) is 0 Å². The summed E-state index contributed by atoms with van der Waals surface area (Å²) in [5.74, 6) is 0. The monoisotopic (exact) mass is 133 g/mol. The number of hydrogen-bond acceptors (Lipinski definition) is 3. The van der Waals surface area contributed by atoms with Crippen LogP contribution >= 0.6 is 0 Å². The lowest BCUT2D eigenvalue weighted by molar-refractivity contribution is 0.748. The minimum absolute atomic E-state index is 0.377. The predicted octanol–water partition coefficient (Wildman–Crippen LogP) is -0.818. The molecule has 3 heteroatoms. The molecule has 0 aliphatic carbocycles. The third kappa shape index (κ3) is 0.717. The van der Waals surface area contributed by atoms with Gasteiger partial charge in [-0.15, -0.1) is 0 Å². The number of para-hydroxylation sites is 2. The number of nitrogens with two attached hydrogens (primary N) is 1. The molecule has 0 amide bonds. The molecule has 0 fully saturated rings. The Labute approximate surface area is 57.9 Å². The van der Waals surface area contributed by atoms with Crippen molar-refractivity contribution in [3.8, 4) is 0 Å². The number of benzene rings is 1. The normalized spacial score (nSPS) is 15.7. The lowest BCUT2D eigenvalue weighted by atomic mass is 10.3. The summed E-state index contributed by atoms with van der Waals surface area (Å²) in [7, 11) is 0. The number of hydrogen-bond donors (Lipinski definition) is 1. The fraction of sp³-hybridized carbons (Fsp3) is 0.143. The third-order valence-corrected chi connectivity index (χ3v) is 1.42. The highest BCUT2D eigenvalue weighted by Crippen LogP contribution is 1.84. The maximum Gasteiger partial charge on any atom is 0.192 e. The van der Waals surface area contributed by atoms with Crippen molar-refractivity contribution in [2.75, 3.05) is 0 Å². The van der Waals surface area contributed by atoms with Gasteiger partial charge in [0.2, 0.25) is 0 Å². The van der Waals surface area contributed by atoms with E-state index < -0.39 is 0 Å². The van der Waals surface area contributed by atoms with Gasteiger partial charge < -0.3 is 0 Å². The predicted molar refractivity (Wildman–Crippen MR) is 36.7 cm³/mol. The van der Waals surface area contributed by atoms with Crippen molar-refractivity contribution in [1.82, 2.24) is 0 Å². The SMILES string of the molecule is NC1N=c2ccccc2=N1. The van der Waals surface area contributed by atoms with E-state index in [2.05, 4.69) is 9.98 Å². The topological polar surface area (TPSA) is 50.7 Å². The van der Waals surface area contributed by atoms with E-state index in [1.165, 1.54) is 0 Å². The van der Waals surface area contributed by atoms with Crippen LogP contribution in [0.3, 0.4) is 0 Å². The molecule has 1 heterocycles. The molecule has 2 rings (SSSR count). The maximum atomic E-state index is 5.45. The van der Waals surface area contributed by atoms with Crippen LogP contribution in [0.5, 0.6) is 0 Å². The Morgan fingerprint density at radius 1 is 1.10 bits per heavy atom. The number of fused-ring (bicyclic) bond motifs is 1. The van der Waals surface area contributed by atoms with Crippen LogP contribution in [0, 0.1) is 0 Å². The average molecular weight is 133 g/mol. The van der Waals surface area contributed by atoms with E-state index in [0.717, 1.165) is 10.7 Å². The zero-order valence-corrected chi connectivity index (χ0v) is 5.36. The molecule has 3 nitrogen and oxygen atoms in total. The van der Waals surface area contributed by atoms with E-state index in [4.69, 9.17) is 5.73 Å². The van der Waals surface area contributed by atoms with Crippen LogP contribution in [0.15, 0.2) is 34.3 Å². The van der Waals surface area contributed by atoms with Gasteiger partial charge in [0.15, 0.2) is 6.29 Å². The Morgan fingerprint density at radius 2 is 1.60 bits per heavy atom. The molecule has 0 saturated carbocycles. The second-order valence-electron chi connectivity index (χ2n) is 2.16. The van der Waals surface area contributed by atoms with Crippen LogP contribution in [0.2, 0.25) is 0 Å². The van der Waals surface area contributed by atoms with E-state index in [0.29, 0.717) is 0 Å². The van der Waals surface area contributed by atoms with Crippen LogP contribution in [0.4, 0.5) is 0 Å². The summed E-state index contributed by atoms with van der Waals surface area (Å²) in [6.45, 7) is 0. The van der Waals surface area contributed by atoms with Crippen molar-refractivity contribution in [1.29, 1.82) is 0 Å². The van der Waals surface area contributed by atoms with Gasteiger partial charge in [0.25, 0.3) is 0 Å². The van der Waals surface area contributed by atoms with Gasteiger partial charge in [-0.3, -0.25) is 5.73 Å². The Morgan fingerprint density at radius 3 is 2.10 bits per heavy atom. The zero-order valence-electron chi connectivity index (χ0n) is 5.36. The molecular weight excluding hydrogens is 126 g/mol. The molecular formula is C7H7N3. The summed E-state index contributed by atoms with van der Waals surface area (Å²) in [6.07, 6.45) is -0.377. The van der Waals surface area contributed by atoms with Crippen LogP contribution in [0.25, 0.3) is 0 Å². The van der Waals surface area contributed by atoms with Gasteiger partial charge in [0, 0.05) is 0 Å². The molecule has 0 bridgehead atoms. The number of nitrogens with zero attached hydrogens (tertiary/aromatic N) is 2. The highest BCUT2D eigenvalue weighted by atomic mass is 15.1. The van der Waals surface area contributed by atoms with Gasteiger partial charge in [-0.1, -0.05) is 12.1 Å². The molecule has 1 aliphatic heterocycles. The fourth-order valence-electron chi connectivity index (χ4n) is 0.996. The van der Waals surface area contributed by atoms with Crippen molar-refractivity contribution < 1.29 is 0 Å². The molecule has 50 valence electrons. The second kappa shape index (κ2) is 1.88. The molecule has 1 aliphatic rings. The largest absolute Gasteiger partial charge is 0.291 e. The Hall–Kier alpha value is -1.22. The van der Waals surface area contributed by atoms with E-state index >= 15 is 0 Å². The standard InChI is InChI=1S/C7H7N3/c8-7-9-5-3-1-2-4-6(5)10-7/h1-4,7H,8H2. The fourth-order valence-corrected chi connectivity index (χ4v) is 0.996. The highest BCUT2D eigenvalue weighted by Gasteiger charge is 2.00. The van der Waals surface area contributed by atoms with Crippen LogP contribution in [0.1, 0.15) is 0 Å². The van der Waals surface area contributed by atoms with Crippen LogP contribution in [-0.2, 0) is 0 Å². The van der Waals surface area contributed by atoms with Crippen LogP contribution < -0.4 is 16.4 Å². The van der Waals surface area contributed by atoms with Crippen molar-refractivity contribution in [2.24, 2.45) is 15.7 Å². The molecule has 0 aromatic heterocycles. The number of rotatable bonds is 0. The summed E-state index contributed by atoms with van der Waals surface area (Å²) in [4.78, 5) is 8.13. The molecule has 0 atom stereocenters. The minimum atomic E-state index is -0.377. The van der Waals surface area contributed by atoms with Gasteiger partial charge >= 0.3 is 0 Å². The van der Waals surface area contributed by atoms with Crippen LogP contribution in [-0.4, -0.2) is 6.29 Å². The summed E-state index contributed by atoms with van der Waals surface area (Å²) in [5, 5.41) is 1.80. The van der Waals surface area contributed by atoms with Gasteiger partial charge in [0.05, 0.1) is 10.7 Å². The summed E-state index contributed by atoms with van der Waals surface area (Å²) >= 11 is 0. The molecule has 10 heavy (non-hydrogen) atoms. The average Bonchev–Trinajstić information content (AvgIpc) is 2.27. The first-order chi connectivity index (χ1) is 4.86. The Kier molecular flexibility index (Phi) is 1.05. The Balaban J connectivity index is 2.83. The third-order valence-electron chi connectivity index (χ3n) is 1.42. The first-order valence-corrected chi connectivity index (χ1v) is 3.12. The van der Waals surface area contributed by atoms with Crippen molar-refractivity contribution in [3.63, 3.8) is 0 Å². The maximum absolute atomic E-state index is 5.45. The first-order valence-electron chi connectivity index (χ1n) is 3.12. The van der Waals surface area contributed by atoms with Crippen molar-refractivity contribution in [3.05, 3.63) is 35.0 Å². The quantitative estimate of drug-likeness (QED) is 0.494. The van der Waals surface area contributed by atoms with Gasteiger partial charge in [0.1, 0.15) is 0 Å². The van der Waals surface area contributed by atoms with Gasteiger partial charge in [-0.05, 0) is 12.1 Å². The van der Waals surface area contributed by atoms with Gasteiger partial charge in [-0.2, -0.15) is 0 Å². The molecule has 1 aromatic rings. The summed E-state index contributed by atoms with van der Waals surface area (Å²) in [5.41, 5.74) is 5.45. The van der Waals surface area contributed by atoms with E-state index in [9.17, 15) is 0 Å². The molecule has 0 saturated heterocycles. The Bertz CT molecular complexity index is 320. The van der Waals surface area contributed by atoms with Crippen molar-refractivity contribution >= 4 is 0 Å². The van der Waals surface area contributed by atoms with Gasteiger partial charge in [-0.25, -0.2) is 9.98 Å². The highest BCUT2D eigenvalue weighted by molar-refractivity contribution is 5.03. The summed E-state index contributed by atoms with van der Waals surface area (Å²) in [6, 6.07) is 7.67. The molecule has 0 radical (unpaired) electrons.